The maximum atomic E-state index is 4.03. The van der Waals surface area contributed by atoms with Crippen LogP contribution in [0.2, 0.25) is 0 Å². The molecule has 4 nitrogen and oxygen atoms in total. The van der Waals surface area contributed by atoms with Crippen LogP contribution in [0.1, 0.15) is 38.9 Å². The minimum atomic E-state index is 0.608. The van der Waals surface area contributed by atoms with Crippen molar-refractivity contribution in [1.82, 2.24) is 20.1 Å². The first-order valence-corrected chi connectivity index (χ1v) is 5.34. The maximum absolute atomic E-state index is 4.03. The van der Waals surface area contributed by atoms with E-state index in [-0.39, 0.29) is 0 Å². The van der Waals surface area contributed by atoms with Crippen LogP contribution in [-0.2, 0) is 13.6 Å². The van der Waals surface area contributed by atoms with Gasteiger partial charge in [-0.1, -0.05) is 20.3 Å². The number of nitrogens with zero attached hydrogens (tertiary/aromatic N) is 3. The number of aromatic nitrogens is 3. The minimum absolute atomic E-state index is 0.608. The largest absolute Gasteiger partial charge is 0.320 e. The molecule has 1 aromatic rings. The molecule has 0 aliphatic heterocycles. The van der Waals surface area contributed by atoms with Gasteiger partial charge in [0.2, 0.25) is 0 Å². The molecule has 1 aromatic heterocycles. The molecule has 80 valence electrons. The highest BCUT2D eigenvalue weighted by molar-refractivity contribution is 4.84. The molecule has 14 heavy (non-hydrogen) atoms. The Morgan fingerprint density at radius 3 is 2.79 bits per heavy atom. The van der Waals surface area contributed by atoms with Gasteiger partial charge in [0.15, 0.2) is 0 Å². The van der Waals surface area contributed by atoms with Crippen molar-refractivity contribution in [1.29, 1.82) is 0 Å². The molecule has 0 aliphatic rings. The Bertz CT molecular complexity index is 256. The summed E-state index contributed by atoms with van der Waals surface area (Å²) >= 11 is 0. The van der Waals surface area contributed by atoms with Gasteiger partial charge in [-0.05, 0) is 12.8 Å². The summed E-state index contributed by atoms with van der Waals surface area (Å²) in [5.41, 5.74) is 0. The van der Waals surface area contributed by atoms with E-state index in [2.05, 4.69) is 29.4 Å². The van der Waals surface area contributed by atoms with Crippen LogP contribution >= 0.6 is 0 Å². The number of hydrogen-bond acceptors (Lipinski definition) is 3. The molecule has 0 aromatic carbocycles. The molecule has 1 atom stereocenters. The van der Waals surface area contributed by atoms with Crippen molar-refractivity contribution in [2.24, 2.45) is 7.05 Å². The van der Waals surface area contributed by atoms with E-state index in [0.717, 1.165) is 12.4 Å². The fraction of sp³-hybridized carbons (Fsp3) is 0.800. The quantitative estimate of drug-likeness (QED) is 0.749. The summed E-state index contributed by atoms with van der Waals surface area (Å²) in [5.74, 6) is 1.000. The third-order valence-electron chi connectivity index (χ3n) is 2.48. The minimum Gasteiger partial charge on any atom is -0.320 e. The van der Waals surface area contributed by atoms with Gasteiger partial charge in [-0.2, -0.15) is 0 Å². The summed E-state index contributed by atoms with van der Waals surface area (Å²) in [5, 5.41) is 11.4. The normalized spacial score (nSPS) is 13.1. The Morgan fingerprint density at radius 1 is 1.50 bits per heavy atom. The van der Waals surface area contributed by atoms with Crippen molar-refractivity contribution in [3.8, 4) is 0 Å². The maximum Gasteiger partial charge on any atom is 0.146 e. The van der Waals surface area contributed by atoms with Gasteiger partial charge in [0.1, 0.15) is 12.2 Å². The van der Waals surface area contributed by atoms with Crippen LogP contribution < -0.4 is 5.32 Å². The third-order valence-corrected chi connectivity index (χ3v) is 2.48. The zero-order valence-corrected chi connectivity index (χ0v) is 9.32. The number of rotatable bonds is 6. The lowest BCUT2D eigenvalue weighted by Crippen LogP contribution is -2.28. The fourth-order valence-corrected chi connectivity index (χ4v) is 1.50. The summed E-state index contributed by atoms with van der Waals surface area (Å²) < 4.78 is 1.95. The van der Waals surface area contributed by atoms with E-state index in [1.807, 2.05) is 11.6 Å². The van der Waals surface area contributed by atoms with E-state index in [0.29, 0.717) is 6.04 Å². The van der Waals surface area contributed by atoms with Crippen molar-refractivity contribution in [3.05, 3.63) is 12.2 Å². The predicted octanol–water partition coefficient (Wildman–Crippen LogP) is 1.48. The SMILES string of the molecule is CCCC(CC)NCc1nncn1C. The number of nitrogens with one attached hydrogen (secondary N) is 1. The second-order valence-electron chi connectivity index (χ2n) is 3.63. The van der Waals surface area contributed by atoms with Gasteiger partial charge in [-0.3, -0.25) is 0 Å². The molecule has 1 N–H and O–H groups in total. The van der Waals surface area contributed by atoms with E-state index in [1.54, 1.807) is 6.33 Å². The first kappa shape index (κ1) is 11.2. The van der Waals surface area contributed by atoms with Gasteiger partial charge in [0.25, 0.3) is 0 Å². The van der Waals surface area contributed by atoms with Gasteiger partial charge >= 0.3 is 0 Å². The monoisotopic (exact) mass is 196 g/mol. The molecule has 1 rings (SSSR count). The predicted molar refractivity (Wildman–Crippen MR) is 56.8 cm³/mol. The summed E-state index contributed by atoms with van der Waals surface area (Å²) in [6.45, 7) is 5.24. The van der Waals surface area contributed by atoms with Gasteiger partial charge in [-0.15, -0.1) is 10.2 Å². The lowest BCUT2D eigenvalue weighted by Gasteiger charge is -2.15. The van der Waals surface area contributed by atoms with Crippen LogP contribution in [0.4, 0.5) is 0 Å². The highest BCUT2D eigenvalue weighted by atomic mass is 15.3. The molecule has 0 saturated carbocycles. The molecular weight excluding hydrogens is 176 g/mol. The standard InChI is InChI=1S/C10H20N4/c1-4-6-9(5-2)11-7-10-13-12-8-14(10)3/h8-9,11H,4-7H2,1-3H3. The van der Waals surface area contributed by atoms with Crippen LogP contribution in [-0.4, -0.2) is 20.8 Å². The molecule has 0 radical (unpaired) electrons. The summed E-state index contributed by atoms with van der Waals surface area (Å²) in [7, 11) is 1.97. The Labute approximate surface area is 85.7 Å². The molecule has 0 bridgehead atoms. The Hall–Kier alpha value is -0.900. The Kier molecular flexibility index (Phi) is 4.59. The van der Waals surface area contributed by atoms with Crippen LogP contribution in [0.5, 0.6) is 0 Å². The summed E-state index contributed by atoms with van der Waals surface area (Å²) in [4.78, 5) is 0. The topological polar surface area (TPSA) is 42.7 Å². The fourth-order valence-electron chi connectivity index (χ4n) is 1.50. The molecule has 0 saturated heterocycles. The van der Waals surface area contributed by atoms with Crippen molar-refractivity contribution < 1.29 is 0 Å². The van der Waals surface area contributed by atoms with Gasteiger partial charge in [0, 0.05) is 13.1 Å². The highest BCUT2D eigenvalue weighted by Gasteiger charge is 2.06. The molecule has 1 unspecified atom stereocenters. The van der Waals surface area contributed by atoms with E-state index in [4.69, 9.17) is 0 Å². The first-order valence-electron chi connectivity index (χ1n) is 5.34. The van der Waals surface area contributed by atoms with E-state index < -0.39 is 0 Å². The zero-order valence-electron chi connectivity index (χ0n) is 9.32. The average molecular weight is 196 g/mol. The Balaban J connectivity index is 2.35. The molecule has 0 spiro atoms. The molecule has 0 amide bonds. The van der Waals surface area contributed by atoms with E-state index in [9.17, 15) is 0 Å². The average Bonchev–Trinajstić information content (AvgIpc) is 2.59. The molecule has 4 heteroatoms. The highest BCUT2D eigenvalue weighted by Crippen LogP contribution is 2.02. The van der Waals surface area contributed by atoms with Gasteiger partial charge in [-0.25, -0.2) is 0 Å². The smallest absolute Gasteiger partial charge is 0.146 e. The Morgan fingerprint density at radius 2 is 2.29 bits per heavy atom. The second kappa shape index (κ2) is 5.75. The number of aryl methyl sites for hydroxylation is 1. The lowest BCUT2D eigenvalue weighted by atomic mass is 10.1. The van der Waals surface area contributed by atoms with Crippen molar-refractivity contribution in [2.45, 2.75) is 45.7 Å². The van der Waals surface area contributed by atoms with Crippen molar-refractivity contribution in [3.63, 3.8) is 0 Å². The zero-order chi connectivity index (χ0) is 10.4. The van der Waals surface area contributed by atoms with E-state index >= 15 is 0 Å². The van der Waals surface area contributed by atoms with Crippen LogP contribution in [0.3, 0.4) is 0 Å². The van der Waals surface area contributed by atoms with Crippen molar-refractivity contribution >= 4 is 0 Å². The second-order valence-corrected chi connectivity index (χ2v) is 3.63. The molecule has 0 fully saturated rings. The van der Waals surface area contributed by atoms with Gasteiger partial charge < -0.3 is 9.88 Å². The summed E-state index contributed by atoms with van der Waals surface area (Å²) in [6.07, 6.45) is 5.36. The number of hydrogen-bond donors (Lipinski definition) is 1. The lowest BCUT2D eigenvalue weighted by molar-refractivity contribution is 0.452. The third kappa shape index (κ3) is 3.10. The molecular formula is C10H20N4. The molecule has 0 aliphatic carbocycles. The van der Waals surface area contributed by atoms with Gasteiger partial charge in [0.05, 0.1) is 6.54 Å². The molecule has 1 heterocycles. The van der Waals surface area contributed by atoms with Crippen LogP contribution in [0.15, 0.2) is 6.33 Å². The van der Waals surface area contributed by atoms with Crippen molar-refractivity contribution in [2.75, 3.05) is 0 Å². The van der Waals surface area contributed by atoms with E-state index in [1.165, 1.54) is 19.3 Å². The summed E-state index contributed by atoms with van der Waals surface area (Å²) in [6, 6.07) is 0.608. The first-order chi connectivity index (χ1) is 6.77. The van der Waals surface area contributed by atoms with Crippen LogP contribution in [0.25, 0.3) is 0 Å². The van der Waals surface area contributed by atoms with Crippen LogP contribution in [0, 0.1) is 0 Å².